The molecule has 0 radical (unpaired) electrons. The summed E-state index contributed by atoms with van der Waals surface area (Å²) in [6.45, 7) is 6.44. The van der Waals surface area contributed by atoms with Gasteiger partial charge in [-0.15, -0.1) is 0 Å². The lowest BCUT2D eigenvalue weighted by Gasteiger charge is -2.34. The molecule has 0 aromatic heterocycles. The molecule has 1 aliphatic rings. The molecule has 1 aliphatic heterocycles. The molecule has 0 aromatic rings. The van der Waals surface area contributed by atoms with Crippen LogP contribution in [-0.2, 0) is 9.59 Å². The van der Waals surface area contributed by atoms with Gasteiger partial charge in [-0.3, -0.25) is 9.59 Å². The highest BCUT2D eigenvalue weighted by molar-refractivity contribution is 5.97. The normalized spacial score (nSPS) is 15.6. The van der Waals surface area contributed by atoms with E-state index in [1.807, 2.05) is 6.07 Å². The average molecular weight is 292 g/mol. The van der Waals surface area contributed by atoms with Crippen molar-refractivity contribution in [1.29, 1.82) is 5.26 Å². The maximum absolute atomic E-state index is 12.2. The van der Waals surface area contributed by atoms with Crippen LogP contribution in [-0.4, -0.2) is 54.3 Å². The lowest BCUT2D eigenvalue weighted by Crippen LogP contribution is -2.50. The van der Waals surface area contributed by atoms with Crippen LogP contribution in [0.25, 0.3) is 0 Å². The fourth-order valence-electron chi connectivity index (χ4n) is 2.19. The van der Waals surface area contributed by atoms with Crippen molar-refractivity contribution in [2.45, 2.75) is 33.1 Å². The summed E-state index contributed by atoms with van der Waals surface area (Å²) >= 11 is 0. The van der Waals surface area contributed by atoms with Crippen molar-refractivity contribution in [1.82, 2.24) is 15.1 Å². The highest BCUT2D eigenvalue weighted by Crippen LogP contribution is 2.07. The predicted octanol–water partition coefficient (Wildman–Crippen LogP) is 0.864. The standard InChI is InChI=1S/C15H24N4O2/c1-3-4-5-6-17-12-14(11-16)15(21)19-9-7-18(8-10-19)13(2)20/h12,17H,3-10H2,1-2H3/b14-12-. The van der Waals surface area contributed by atoms with Gasteiger partial charge in [0.25, 0.3) is 5.91 Å². The molecule has 0 atom stereocenters. The molecule has 6 heteroatoms. The van der Waals surface area contributed by atoms with Crippen molar-refractivity contribution < 1.29 is 9.59 Å². The number of unbranched alkanes of at least 4 members (excludes halogenated alkanes) is 2. The quantitative estimate of drug-likeness (QED) is 0.447. The maximum Gasteiger partial charge on any atom is 0.266 e. The SMILES string of the molecule is CCCCCN/C=C(/C#N)C(=O)N1CCN(C(C)=O)CC1. The van der Waals surface area contributed by atoms with Crippen LogP contribution in [0, 0.1) is 11.3 Å². The van der Waals surface area contributed by atoms with Crippen molar-refractivity contribution in [3.05, 3.63) is 11.8 Å². The van der Waals surface area contributed by atoms with Crippen molar-refractivity contribution in [3.63, 3.8) is 0 Å². The molecule has 21 heavy (non-hydrogen) atoms. The van der Waals surface area contributed by atoms with E-state index in [1.165, 1.54) is 13.1 Å². The maximum atomic E-state index is 12.2. The smallest absolute Gasteiger partial charge is 0.266 e. The van der Waals surface area contributed by atoms with Crippen molar-refractivity contribution in [2.75, 3.05) is 32.7 Å². The number of nitrogens with zero attached hydrogens (tertiary/aromatic N) is 3. The van der Waals surface area contributed by atoms with Gasteiger partial charge in [-0.1, -0.05) is 19.8 Å². The molecule has 1 N–H and O–H groups in total. The zero-order chi connectivity index (χ0) is 15.7. The predicted molar refractivity (Wildman–Crippen MR) is 80.1 cm³/mol. The summed E-state index contributed by atoms with van der Waals surface area (Å²) in [6, 6.07) is 1.95. The van der Waals surface area contributed by atoms with Crippen LogP contribution in [0.2, 0.25) is 0 Å². The fraction of sp³-hybridized carbons (Fsp3) is 0.667. The number of hydrogen-bond donors (Lipinski definition) is 1. The van der Waals surface area contributed by atoms with Crippen LogP contribution in [0.3, 0.4) is 0 Å². The molecule has 0 spiro atoms. The highest BCUT2D eigenvalue weighted by atomic mass is 16.2. The number of carbonyl (C=O) groups is 2. The molecule has 0 aromatic carbocycles. The third-order valence-corrected chi connectivity index (χ3v) is 3.53. The first-order valence-electron chi connectivity index (χ1n) is 7.48. The lowest BCUT2D eigenvalue weighted by molar-refractivity contribution is -0.136. The van der Waals surface area contributed by atoms with Gasteiger partial charge in [0.05, 0.1) is 0 Å². The van der Waals surface area contributed by atoms with E-state index in [4.69, 9.17) is 5.26 Å². The third kappa shape index (κ3) is 5.46. The number of amides is 2. The van der Waals surface area contributed by atoms with Crippen LogP contribution in [0.1, 0.15) is 33.1 Å². The van der Waals surface area contributed by atoms with Gasteiger partial charge in [0.15, 0.2) is 0 Å². The molecule has 0 saturated carbocycles. The van der Waals surface area contributed by atoms with Gasteiger partial charge in [0, 0.05) is 45.8 Å². The number of piperazine rings is 1. The Morgan fingerprint density at radius 3 is 2.33 bits per heavy atom. The van der Waals surface area contributed by atoms with Gasteiger partial charge < -0.3 is 15.1 Å². The number of nitriles is 1. The number of carbonyl (C=O) groups excluding carboxylic acids is 2. The van der Waals surface area contributed by atoms with E-state index in [1.54, 1.807) is 9.80 Å². The van der Waals surface area contributed by atoms with Crippen molar-refractivity contribution in [2.24, 2.45) is 0 Å². The largest absolute Gasteiger partial charge is 0.390 e. The fourth-order valence-corrected chi connectivity index (χ4v) is 2.19. The van der Waals surface area contributed by atoms with E-state index in [2.05, 4.69) is 12.2 Å². The Labute approximate surface area is 126 Å². The minimum absolute atomic E-state index is 0.0238. The molecule has 1 rings (SSSR count). The van der Waals surface area contributed by atoms with Gasteiger partial charge in [-0.05, 0) is 6.42 Å². The molecule has 2 amide bonds. The second-order valence-electron chi connectivity index (χ2n) is 5.13. The first-order valence-corrected chi connectivity index (χ1v) is 7.48. The first kappa shape index (κ1) is 17.0. The summed E-state index contributed by atoms with van der Waals surface area (Å²) in [6.07, 6.45) is 4.80. The summed E-state index contributed by atoms with van der Waals surface area (Å²) < 4.78 is 0. The summed E-state index contributed by atoms with van der Waals surface area (Å²) in [7, 11) is 0. The van der Waals surface area contributed by atoms with E-state index in [0.717, 1.165) is 25.8 Å². The zero-order valence-electron chi connectivity index (χ0n) is 12.9. The number of hydrogen-bond acceptors (Lipinski definition) is 4. The number of rotatable bonds is 6. The third-order valence-electron chi connectivity index (χ3n) is 3.53. The van der Waals surface area contributed by atoms with Crippen LogP contribution in [0.4, 0.5) is 0 Å². The Morgan fingerprint density at radius 1 is 1.19 bits per heavy atom. The van der Waals surface area contributed by atoms with Crippen LogP contribution in [0.15, 0.2) is 11.8 Å². The molecule has 0 aliphatic carbocycles. The second kappa shape index (κ2) is 9.01. The van der Waals surface area contributed by atoms with Gasteiger partial charge in [-0.2, -0.15) is 5.26 Å². The Bertz CT molecular complexity index is 431. The van der Waals surface area contributed by atoms with Crippen LogP contribution in [0.5, 0.6) is 0 Å². The molecule has 1 fully saturated rings. The molecule has 116 valence electrons. The van der Waals surface area contributed by atoms with Gasteiger partial charge in [0.2, 0.25) is 5.91 Å². The average Bonchev–Trinajstić information content (AvgIpc) is 2.50. The molecule has 0 unspecified atom stereocenters. The van der Waals surface area contributed by atoms with Gasteiger partial charge >= 0.3 is 0 Å². The summed E-state index contributed by atoms with van der Waals surface area (Å²) in [5.74, 6) is -0.237. The molecule has 6 nitrogen and oxygen atoms in total. The molecular formula is C15H24N4O2. The van der Waals surface area contributed by atoms with Gasteiger partial charge in [-0.25, -0.2) is 0 Å². The van der Waals surface area contributed by atoms with Crippen LogP contribution < -0.4 is 5.32 Å². The van der Waals surface area contributed by atoms with Gasteiger partial charge in [0.1, 0.15) is 11.6 Å². The summed E-state index contributed by atoms with van der Waals surface area (Å²) in [5.41, 5.74) is 0.128. The Balaban J connectivity index is 2.46. The van der Waals surface area contributed by atoms with Crippen LogP contribution >= 0.6 is 0 Å². The van der Waals surface area contributed by atoms with Crippen molar-refractivity contribution >= 4 is 11.8 Å². The Kier molecular flexibility index (Phi) is 7.30. The molecular weight excluding hydrogens is 268 g/mol. The summed E-state index contributed by atoms with van der Waals surface area (Å²) in [5, 5.41) is 12.1. The van der Waals surface area contributed by atoms with E-state index in [0.29, 0.717) is 26.2 Å². The van der Waals surface area contributed by atoms with E-state index < -0.39 is 0 Å². The Morgan fingerprint density at radius 2 is 1.81 bits per heavy atom. The highest BCUT2D eigenvalue weighted by Gasteiger charge is 2.24. The topological polar surface area (TPSA) is 76.4 Å². The summed E-state index contributed by atoms with van der Waals surface area (Å²) in [4.78, 5) is 26.8. The second-order valence-corrected chi connectivity index (χ2v) is 5.13. The van der Waals surface area contributed by atoms with E-state index in [-0.39, 0.29) is 17.4 Å². The number of nitrogens with one attached hydrogen (secondary N) is 1. The van der Waals surface area contributed by atoms with Crippen molar-refractivity contribution in [3.8, 4) is 6.07 Å². The molecule has 1 saturated heterocycles. The molecule has 1 heterocycles. The molecule has 0 bridgehead atoms. The first-order chi connectivity index (χ1) is 10.1. The Hall–Kier alpha value is -2.03. The lowest BCUT2D eigenvalue weighted by atomic mass is 10.2. The monoisotopic (exact) mass is 292 g/mol. The zero-order valence-corrected chi connectivity index (χ0v) is 12.9. The minimum atomic E-state index is -0.260. The van der Waals surface area contributed by atoms with E-state index >= 15 is 0 Å². The van der Waals surface area contributed by atoms with E-state index in [9.17, 15) is 9.59 Å². The minimum Gasteiger partial charge on any atom is -0.390 e.